The van der Waals surface area contributed by atoms with Crippen molar-refractivity contribution in [2.75, 3.05) is 50.1 Å². The summed E-state index contributed by atoms with van der Waals surface area (Å²) in [4.78, 5) is 34.2. The molecular weight excluding hydrogens is 599 g/mol. The standard InChI is InChI=1S/C34H45FN10O2/c1-6-28-31-27(18-36)38-20-44(31)29-19-37-34(41-32(29)45(28)21(3)4)40-26-17-25(35)24(16-30(26)47-5)33(46)39-22-8-10-23(11-9-22)43-14-12-42(7-2)13-15-43/h16-17,19-23,28H,6-15H2,1-5H3,(H,39,46)(H,37,40,41)/t22?,23?,28-/m1/s1. The van der Waals surface area contributed by atoms with E-state index in [0.717, 1.165) is 70.5 Å². The Bertz CT molecular complexity index is 1640. The molecule has 2 N–H and O–H groups in total. The van der Waals surface area contributed by atoms with Gasteiger partial charge in [-0.1, -0.05) is 13.8 Å². The SMILES string of the molecule is CC[C@@H]1c2c(C#N)ncn2-c2cnc(Nc3cc(F)c(C(=O)NC4CCC(N5CCN(CC)CC5)CC4)cc3OC)nc2N1C(C)C. The van der Waals surface area contributed by atoms with E-state index in [2.05, 4.69) is 69.1 Å². The van der Waals surface area contributed by atoms with Gasteiger partial charge < -0.3 is 25.2 Å². The van der Waals surface area contributed by atoms with Crippen LogP contribution >= 0.6 is 0 Å². The number of likely N-dealkylation sites (N-methyl/N-ethyl adjacent to an activating group) is 1. The summed E-state index contributed by atoms with van der Waals surface area (Å²) >= 11 is 0. The summed E-state index contributed by atoms with van der Waals surface area (Å²) in [5.41, 5.74) is 2.15. The van der Waals surface area contributed by atoms with E-state index in [1.165, 1.54) is 19.2 Å². The van der Waals surface area contributed by atoms with E-state index in [9.17, 15) is 10.1 Å². The third-order valence-corrected chi connectivity index (χ3v) is 9.94. The summed E-state index contributed by atoms with van der Waals surface area (Å²) in [6.45, 7) is 13.9. The summed E-state index contributed by atoms with van der Waals surface area (Å²) in [6, 6.07) is 5.41. The van der Waals surface area contributed by atoms with Crippen LogP contribution in [0, 0.1) is 17.1 Å². The van der Waals surface area contributed by atoms with Crippen molar-refractivity contribution in [2.45, 2.75) is 84.0 Å². The van der Waals surface area contributed by atoms with Crippen LogP contribution < -0.4 is 20.3 Å². The van der Waals surface area contributed by atoms with Gasteiger partial charge in [0.15, 0.2) is 11.5 Å². The molecule has 13 heteroatoms. The van der Waals surface area contributed by atoms with Gasteiger partial charge in [-0.15, -0.1) is 0 Å². The lowest BCUT2D eigenvalue weighted by Crippen LogP contribution is -2.52. The molecule has 1 amide bonds. The zero-order chi connectivity index (χ0) is 33.2. The van der Waals surface area contributed by atoms with Gasteiger partial charge in [-0.05, 0) is 58.6 Å². The number of nitrogens with one attached hydrogen (secondary N) is 2. The molecule has 2 aromatic heterocycles. The largest absolute Gasteiger partial charge is 0.495 e. The molecule has 1 aliphatic carbocycles. The minimum atomic E-state index is -0.659. The van der Waals surface area contributed by atoms with E-state index in [4.69, 9.17) is 9.72 Å². The topological polar surface area (TPSA) is 127 Å². The highest BCUT2D eigenvalue weighted by Crippen LogP contribution is 2.42. The Morgan fingerprint density at radius 1 is 1.13 bits per heavy atom. The predicted octanol–water partition coefficient (Wildman–Crippen LogP) is 4.78. The van der Waals surface area contributed by atoms with Gasteiger partial charge in [-0.3, -0.25) is 14.3 Å². The number of amides is 1. The van der Waals surface area contributed by atoms with Crippen LogP contribution in [-0.2, 0) is 0 Å². The fraction of sp³-hybridized carbons (Fsp3) is 0.559. The number of imidazole rings is 1. The number of aromatic nitrogens is 4. The van der Waals surface area contributed by atoms with Gasteiger partial charge in [0.2, 0.25) is 5.95 Å². The molecule has 2 aliphatic heterocycles. The number of hydrogen-bond acceptors (Lipinski definition) is 10. The molecule has 0 unspecified atom stereocenters. The Balaban J connectivity index is 1.16. The molecule has 6 rings (SSSR count). The number of halogens is 1. The highest BCUT2D eigenvalue weighted by Gasteiger charge is 2.36. The third kappa shape index (κ3) is 6.36. The number of methoxy groups -OCH3 is 1. The fourth-order valence-corrected chi connectivity index (χ4v) is 7.42. The van der Waals surface area contributed by atoms with E-state index >= 15 is 4.39 Å². The molecule has 2 fully saturated rings. The lowest BCUT2D eigenvalue weighted by molar-refractivity contribution is 0.0729. The number of fused-ring (bicyclic) bond motifs is 3. The Kier molecular flexibility index (Phi) is 9.61. The smallest absolute Gasteiger partial charge is 0.254 e. The molecule has 3 aromatic rings. The van der Waals surface area contributed by atoms with Gasteiger partial charge in [0.1, 0.15) is 29.7 Å². The van der Waals surface area contributed by atoms with Gasteiger partial charge in [-0.25, -0.2) is 14.4 Å². The molecule has 1 atom stereocenters. The van der Waals surface area contributed by atoms with Gasteiger partial charge in [-0.2, -0.15) is 10.2 Å². The minimum absolute atomic E-state index is 0.0128. The molecule has 3 aliphatic rings. The number of anilines is 3. The first-order chi connectivity index (χ1) is 22.8. The summed E-state index contributed by atoms with van der Waals surface area (Å²) in [5, 5.41) is 15.9. The van der Waals surface area contributed by atoms with E-state index in [-0.39, 0.29) is 29.6 Å². The average molecular weight is 645 g/mol. The summed E-state index contributed by atoms with van der Waals surface area (Å²) in [6.07, 6.45) is 7.86. The molecular formula is C34H45FN10O2. The van der Waals surface area contributed by atoms with Crippen LogP contribution in [0.1, 0.15) is 87.6 Å². The third-order valence-electron chi connectivity index (χ3n) is 9.94. The van der Waals surface area contributed by atoms with Crippen molar-refractivity contribution in [3.05, 3.63) is 47.4 Å². The van der Waals surface area contributed by atoms with Crippen molar-refractivity contribution in [1.29, 1.82) is 5.26 Å². The monoisotopic (exact) mass is 644 g/mol. The first kappa shape index (κ1) is 32.7. The lowest BCUT2D eigenvalue weighted by atomic mass is 9.89. The number of carbonyl (C=O) groups excluding carboxylic acids is 1. The maximum Gasteiger partial charge on any atom is 0.254 e. The van der Waals surface area contributed by atoms with Crippen LogP contribution in [0.4, 0.5) is 21.8 Å². The number of benzene rings is 1. The summed E-state index contributed by atoms with van der Waals surface area (Å²) in [7, 11) is 1.48. The van der Waals surface area contributed by atoms with Gasteiger partial charge in [0.25, 0.3) is 5.91 Å². The molecule has 0 spiro atoms. The molecule has 1 aromatic carbocycles. The Morgan fingerprint density at radius 3 is 2.51 bits per heavy atom. The second-order valence-electron chi connectivity index (χ2n) is 12.9. The van der Waals surface area contributed by atoms with Crippen molar-refractivity contribution in [3.63, 3.8) is 0 Å². The minimum Gasteiger partial charge on any atom is -0.495 e. The van der Waals surface area contributed by atoms with Crippen LogP contribution in [-0.4, -0.2) is 93.2 Å². The molecule has 4 heterocycles. The normalized spacial score (nSPS) is 21.6. The van der Waals surface area contributed by atoms with Crippen molar-refractivity contribution in [2.24, 2.45) is 0 Å². The molecule has 12 nitrogen and oxygen atoms in total. The second kappa shape index (κ2) is 13.8. The van der Waals surface area contributed by atoms with Gasteiger partial charge in [0, 0.05) is 50.4 Å². The number of rotatable bonds is 9. The molecule has 47 heavy (non-hydrogen) atoms. The number of piperazine rings is 1. The Labute approximate surface area is 275 Å². The highest BCUT2D eigenvalue weighted by molar-refractivity contribution is 5.96. The Morgan fingerprint density at radius 2 is 1.87 bits per heavy atom. The van der Waals surface area contributed by atoms with Gasteiger partial charge in [0.05, 0.1) is 36.3 Å². The van der Waals surface area contributed by atoms with E-state index in [1.807, 2.05) is 4.57 Å². The number of nitrogens with zero attached hydrogens (tertiary/aromatic N) is 8. The van der Waals surface area contributed by atoms with Crippen LogP contribution in [0.5, 0.6) is 5.75 Å². The van der Waals surface area contributed by atoms with E-state index < -0.39 is 11.7 Å². The average Bonchev–Trinajstić information content (AvgIpc) is 3.52. The molecule has 1 saturated carbocycles. The highest BCUT2D eigenvalue weighted by atomic mass is 19.1. The second-order valence-corrected chi connectivity index (χ2v) is 12.9. The van der Waals surface area contributed by atoms with Crippen LogP contribution in [0.25, 0.3) is 5.69 Å². The van der Waals surface area contributed by atoms with Crippen LogP contribution in [0.3, 0.4) is 0 Å². The van der Waals surface area contributed by atoms with Crippen molar-refractivity contribution < 1.29 is 13.9 Å². The fourth-order valence-electron chi connectivity index (χ4n) is 7.42. The van der Waals surface area contributed by atoms with Crippen molar-refractivity contribution in [1.82, 2.24) is 34.6 Å². The Hall–Kier alpha value is -4.28. The maximum absolute atomic E-state index is 15.5. The molecule has 1 saturated heterocycles. The lowest BCUT2D eigenvalue weighted by Gasteiger charge is -2.41. The molecule has 0 bridgehead atoms. The van der Waals surface area contributed by atoms with E-state index in [0.29, 0.717) is 34.7 Å². The number of nitriles is 1. The summed E-state index contributed by atoms with van der Waals surface area (Å²) in [5.74, 6) is 0.121. The number of ether oxygens (including phenoxy) is 1. The number of hydrogen-bond donors (Lipinski definition) is 2. The first-order valence-electron chi connectivity index (χ1n) is 16.8. The van der Waals surface area contributed by atoms with Crippen molar-refractivity contribution in [3.8, 4) is 17.5 Å². The van der Waals surface area contributed by atoms with Gasteiger partial charge >= 0.3 is 0 Å². The predicted molar refractivity (Wildman–Crippen MR) is 178 cm³/mol. The maximum atomic E-state index is 15.5. The van der Waals surface area contributed by atoms with Crippen LogP contribution in [0.15, 0.2) is 24.7 Å². The first-order valence-corrected chi connectivity index (χ1v) is 16.8. The van der Waals surface area contributed by atoms with E-state index in [1.54, 1.807) is 12.5 Å². The number of carbonyl (C=O) groups is 1. The van der Waals surface area contributed by atoms with Crippen molar-refractivity contribution >= 4 is 23.4 Å². The molecule has 250 valence electrons. The quantitative estimate of drug-likeness (QED) is 0.336. The zero-order valence-corrected chi connectivity index (χ0v) is 28.0. The molecule has 0 radical (unpaired) electrons. The summed E-state index contributed by atoms with van der Waals surface area (Å²) < 4.78 is 23.0. The van der Waals surface area contributed by atoms with Crippen LogP contribution in [0.2, 0.25) is 0 Å². The zero-order valence-electron chi connectivity index (χ0n) is 28.0.